The molecule has 1 fully saturated rings. The van der Waals surface area contributed by atoms with Crippen molar-refractivity contribution in [3.8, 4) is 11.3 Å². The molecule has 0 spiro atoms. The predicted octanol–water partition coefficient (Wildman–Crippen LogP) is 3.63. The zero-order valence-corrected chi connectivity index (χ0v) is 17.1. The maximum Gasteiger partial charge on any atom is 0.409 e. The molecule has 1 aromatic heterocycles. The molecule has 0 unspecified atom stereocenters. The van der Waals surface area contributed by atoms with Crippen LogP contribution < -0.4 is 10.2 Å². The van der Waals surface area contributed by atoms with E-state index < -0.39 is 0 Å². The molecular formula is C21H29N5O2. The first kappa shape index (κ1) is 19.9. The lowest BCUT2D eigenvalue weighted by Gasteiger charge is -2.34. The Hall–Kier alpha value is -2.83. The molecule has 1 N–H and O–H groups in total. The normalized spacial score (nSPS) is 14.7. The van der Waals surface area contributed by atoms with Crippen LogP contribution in [0.25, 0.3) is 11.3 Å². The number of ether oxygens (including phenoxy) is 1. The Kier molecular flexibility index (Phi) is 6.02. The third-order valence-electron chi connectivity index (χ3n) is 4.38. The number of rotatable bonds is 4. The van der Waals surface area contributed by atoms with E-state index in [0.29, 0.717) is 38.7 Å². The van der Waals surface area contributed by atoms with Crippen molar-refractivity contribution in [1.29, 1.82) is 0 Å². The van der Waals surface area contributed by atoms with Crippen LogP contribution in [0.15, 0.2) is 36.4 Å². The van der Waals surface area contributed by atoms with E-state index in [1.807, 2.05) is 43.3 Å². The van der Waals surface area contributed by atoms with Gasteiger partial charge in [0.15, 0.2) is 0 Å². The third-order valence-corrected chi connectivity index (χ3v) is 4.38. The van der Waals surface area contributed by atoms with E-state index in [1.54, 1.807) is 4.90 Å². The van der Waals surface area contributed by atoms with Crippen LogP contribution in [0, 0.1) is 0 Å². The average Bonchev–Trinajstić information content (AvgIpc) is 2.67. The molecule has 1 amide bonds. The van der Waals surface area contributed by atoms with Crippen molar-refractivity contribution in [1.82, 2.24) is 14.9 Å². The molecule has 0 radical (unpaired) electrons. The second-order valence-corrected chi connectivity index (χ2v) is 7.85. The highest BCUT2D eigenvalue weighted by atomic mass is 16.6. The van der Waals surface area contributed by atoms with Gasteiger partial charge in [-0.2, -0.15) is 4.98 Å². The Bertz CT molecular complexity index is 796. The smallest absolute Gasteiger partial charge is 0.409 e. The van der Waals surface area contributed by atoms with Gasteiger partial charge in [-0.25, -0.2) is 9.78 Å². The Labute approximate surface area is 166 Å². The van der Waals surface area contributed by atoms with Crippen molar-refractivity contribution in [2.24, 2.45) is 0 Å². The number of hydrogen-bond acceptors (Lipinski definition) is 6. The number of aromatic nitrogens is 2. The highest BCUT2D eigenvalue weighted by Crippen LogP contribution is 2.25. The van der Waals surface area contributed by atoms with Crippen molar-refractivity contribution in [3.05, 3.63) is 36.4 Å². The Morgan fingerprint density at radius 3 is 2.39 bits per heavy atom. The monoisotopic (exact) mass is 383 g/mol. The molecule has 1 saturated heterocycles. The van der Waals surface area contributed by atoms with E-state index in [9.17, 15) is 4.79 Å². The summed E-state index contributed by atoms with van der Waals surface area (Å²) in [5.74, 6) is 1.47. The number of amides is 1. The van der Waals surface area contributed by atoms with E-state index in [1.165, 1.54) is 0 Å². The van der Waals surface area contributed by atoms with E-state index in [-0.39, 0.29) is 11.6 Å². The van der Waals surface area contributed by atoms with Gasteiger partial charge in [0, 0.05) is 43.3 Å². The van der Waals surface area contributed by atoms with Gasteiger partial charge in [-0.1, -0.05) is 30.3 Å². The largest absolute Gasteiger partial charge is 0.450 e. The lowest BCUT2D eigenvalue weighted by atomic mass is 10.1. The van der Waals surface area contributed by atoms with Crippen LogP contribution >= 0.6 is 0 Å². The summed E-state index contributed by atoms with van der Waals surface area (Å²) in [7, 11) is 0. The molecule has 3 rings (SSSR count). The van der Waals surface area contributed by atoms with Gasteiger partial charge < -0.3 is 19.9 Å². The molecule has 2 heterocycles. The first-order chi connectivity index (χ1) is 13.4. The summed E-state index contributed by atoms with van der Waals surface area (Å²) in [6, 6.07) is 12.1. The van der Waals surface area contributed by atoms with E-state index in [4.69, 9.17) is 14.7 Å². The third kappa shape index (κ3) is 5.12. The number of nitrogens with one attached hydrogen (secondary N) is 1. The molecule has 0 bridgehead atoms. The number of carbonyl (C=O) groups excluding carboxylic acids is 1. The second kappa shape index (κ2) is 8.46. The maximum absolute atomic E-state index is 11.9. The van der Waals surface area contributed by atoms with Crippen molar-refractivity contribution in [2.75, 3.05) is 43.0 Å². The van der Waals surface area contributed by atoms with Crippen LogP contribution in [0.4, 0.5) is 16.6 Å². The highest BCUT2D eigenvalue weighted by molar-refractivity contribution is 5.68. The lowest BCUT2D eigenvalue weighted by molar-refractivity contribution is 0.105. The molecule has 150 valence electrons. The average molecular weight is 383 g/mol. The van der Waals surface area contributed by atoms with Gasteiger partial charge in [0.05, 0.1) is 12.3 Å². The minimum absolute atomic E-state index is 0.109. The number of carbonyl (C=O) groups is 1. The van der Waals surface area contributed by atoms with Crippen LogP contribution in [0.3, 0.4) is 0 Å². The molecule has 7 heteroatoms. The van der Waals surface area contributed by atoms with Gasteiger partial charge in [-0.05, 0) is 27.7 Å². The number of nitrogens with zero attached hydrogens (tertiary/aromatic N) is 4. The predicted molar refractivity (Wildman–Crippen MR) is 112 cm³/mol. The Morgan fingerprint density at radius 2 is 1.79 bits per heavy atom. The number of benzene rings is 1. The summed E-state index contributed by atoms with van der Waals surface area (Å²) in [5, 5.41) is 3.45. The minimum Gasteiger partial charge on any atom is -0.450 e. The van der Waals surface area contributed by atoms with Crippen LogP contribution in [0.5, 0.6) is 0 Å². The van der Waals surface area contributed by atoms with Crippen LogP contribution in [-0.4, -0.2) is 59.3 Å². The fraction of sp³-hybridized carbons (Fsp3) is 0.476. The zero-order valence-electron chi connectivity index (χ0n) is 17.1. The van der Waals surface area contributed by atoms with Gasteiger partial charge in [-0.3, -0.25) is 0 Å². The van der Waals surface area contributed by atoms with Gasteiger partial charge in [0.2, 0.25) is 5.95 Å². The summed E-state index contributed by atoms with van der Waals surface area (Å²) in [6.45, 7) is 11.1. The van der Waals surface area contributed by atoms with Crippen molar-refractivity contribution < 1.29 is 9.53 Å². The summed E-state index contributed by atoms with van der Waals surface area (Å²) >= 11 is 0. The highest BCUT2D eigenvalue weighted by Gasteiger charge is 2.24. The van der Waals surface area contributed by atoms with Gasteiger partial charge in [-0.15, -0.1) is 0 Å². The van der Waals surface area contributed by atoms with Crippen LogP contribution in [0.1, 0.15) is 27.7 Å². The topological polar surface area (TPSA) is 70.6 Å². The standard InChI is InChI=1S/C21H29N5O2/c1-5-28-20(27)26-13-11-25(12-14-26)19-22-17(16-9-7-6-8-10-16)15-18(23-19)24-21(2,3)4/h6-10,15H,5,11-14H2,1-4H3,(H,22,23,24). The number of anilines is 2. The lowest BCUT2D eigenvalue weighted by Crippen LogP contribution is -2.49. The van der Waals surface area contributed by atoms with Crippen molar-refractivity contribution >= 4 is 17.9 Å². The molecule has 1 aromatic carbocycles. The fourth-order valence-corrected chi connectivity index (χ4v) is 3.08. The first-order valence-corrected chi connectivity index (χ1v) is 9.75. The number of hydrogen-bond donors (Lipinski definition) is 1. The summed E-state index contributed by atoms with van der Waals surface area (Å²) in [4.78, 5) is 25.3. The van der Waals surface area contributed by atoms with Crippen LogP contribution in [-0.2, 0) is 4.74 Å². The first-order valence-electron chi connectivity index (χ1n) is 9.75. The second-order valence-electron chi connectivity index (χ2n) is 7.85. The molecule has 2 aromatic rings. The zero-order chi connectivity index (χ0) is 20.1. The molecular weight excluding hydrogens is 354 g/mol. The molecule has 0 aliphatic carbocycles. The molecule has 0 atom stereocenters. The molecule has 28 heavy (non-hydrogen) atoms. The molecule has 7 nitrogen and oxygen atoms in total. The quantitative estimate of drug-likeness (QED) is 0.869. The SMILES string of the molecule is CCOC(=O)N1CCN(c2nc(NC(C)(C)C)cc(-c3ccccc3)n2)CC1. The minimum atomic E-state index is -0.254. The van der Waals surface area contributed by atoms with Gasteiger partial charge >= 0.3 is 6.09 Å². The van der Waals surface area contributed by atoms with Crippen LogP contribution in [0.2, 0.25) is 0 Å². The summed E-state index contributed by atoms with van der Waals surface area (Å²) in [6.07, 6.45) is -0.254. The fourth-order valence-electron chi connectivity index (χ4n) is 3.08. The molecule has 0 saturated carbocycles. The Balaban J connectivity index is 1.84. The number of piperazine rings is 1. The van der Waals surface area contributed by atoms with E-state index >= 15 is 0 Å². The Morgan fingerprint density at radius 1 is 1.11 bits per heavy atom. The van der Waals surface area contributed by atoms with Crippen molar-refractivity contribution in [3.63, 3.8) is 0 Å². The van der Waals surface area contributed by atoms with E-state index in [2.05, 4.69) is 31.0 Å². The van der Waals surface area contributed by atoms with Crippen molar-refractivity contribution in [2.45, 2.75) is 33.2 Å². The molecule has 1 aliphatic rings. The molecule has 1 aliphatic heterocycles. The van der Waals surface area contributed by atoms with E-state index in [0.717, 1.165) is 17.1 Å². The van der Waals surface area contributed by atoms with Gasteiger partial charge in [0.1, 0.15) is 5.82 Å². The summed E-state index contributed by atoms with van der Waals surface area (Å²) in [5.41, 5.74) is 1.82. The van der Waals surface area contributed by atoms with Gasteiger partial charge in [0.25, 0.3) is 0 Å². The maximum atomic E-state index is 11.9. The summed E-state index contributed by atoms with van der Waals surface area (Å²) < 4.78 is 5.10.